The number of furan rings is 1. The Hall–Kier alpha value is -4.02. The van der Waals surface area contributed by atoms with Crippen LogP contribution < -0.4 is 15.2 Å². The Bertz CT molecular complexity index is 1820. The Labute approximate surface area is 263 Å². The molecule has 0 aliphatic carbocycles. The van der Waals surface area contributed by atoms with E-state index in [2.05, 4.69) is 31.4 Å². The highest BCUT2D eigenvalue weighted by Gasteiger charge is 2.34. The zero-order valence-corrected chi connectivity index (χ0v) is 26.1. The fourth-order valence-electron chi connectivity index (χ4n) is 3.75. The fourth-order valence-corrected chi connectivity index (χ4v) is 6.15. The Morgan fingerprint density at radius 1 is 1.14 bits per heavy atom. The first-order valence-electron chi connectivity index (χ1n) is 12.4. The summed E-state index contributed by atoms with van der Waals surface area (Å²) in [6, 6.07) is 18.0. The second-order valence-corrected chi connectivity index (χ2v) is 13.3. The van der Waals surface area contributed by atoms with Crippen molar-refractivity contribution in [2.24, 2.45) is 15.3 Å². The predicted octanol–water partition coefficient (Wildman–Crippen LogP) is 5.28. The zero-order chi connectivity index (χ0) is 30.4. The first-order chi connectivity index (χ1) is 20.7. The molecule has 1 aliphatic heterocycles. The van der Waals surface area contributed by atoms with E-state index in [1.807, 2.05) is 17.5 Å². The van der Waals surface area contributed by atoms with Gasteiger partial charge in [0.15, 0.2) is 11.8 Å². The molecule has 11 nitrogen and oxygen atoms in total. The van der Waals surface area contributed by atoms with Crippen molar-refractivity contribution in [2.45, 2.75) is 11.4 Å². The van der Waals surface area contributed by atoms with Crippen LogP contribution in [0.5, 0.6) is 5.75 Å². The maximum absolute atomic E-state index is 13.5. The predicted molar refractivity (Wildman–Crippen MR) is 170 cm³/mol. The number of nitrogens with one attached hydrogen (secondary N) is 1. The maximum Gasteiger partial charge on any atom is 0.267 e. The number of thioether (sulfide) groups is 1. The molecular weight excluding hydrogens is 678 g/mol. The lowest BCUT2D eigenvalue weighted by Crippen LogP contribution is -2.28. The van der Waals surface area contributed by atoms with E-state index in [9.17, 15) is 18.0 Å². The molecule has 43 heavy (non-hydrogen) atoms. The quantitative estimate of drug-likeness (QED) is 0.130. The highest BCUT2D eigenvalue weighted by atomic mass is 79.9. The number of thiophene rings is 1. The number of hydrogen-bond acceptors (Lipinski definition) is 10. The number of amidine groups is 1. The molecule has 4 aromatic rings. The highest BCUT2D eigenvalue weighted by Crippen LogP contribution is 2.36. The summed E-state index contributed by atoms with van der Waals surface area (Å²) in [4.78, 5) is 28.8. The number of nitrogens with zero attached hydrogens (tertiary/aromatic N) is 3. The van der Waals surface area contributed by atoms with Crippen LogP contribution in [0.2, 0.25) is 0 Å². The number of halogens is 1. The standard InChI is InChI=1S/C28H22BrN5O6S3/c29-19-5-10-24(40-17-26(35)32-20-6-8-23(9-7-20)43(30,37)38)18(13-19)14-25-27(36)34(16-21-3-1-11-39-21)28(42-25)33-31-15-22-4-2-12-41-22/h1-15H,16-17H2,(H,32,35)(H2,30,37,38)/b25-14-,31-15+,33-28-. The van der Waals surface area contributed by atoms with Gasteiger partial charge in [-0.15, -0.1) is 16.4 Å². The molecule has 0 unspecified atom stereocenters. The van der Waals surface area contributed by atoms with Gasteiger partial charge in [-0.3, -0.25) is 14.5 Å². The van der Waals surface area contributed by atoms with Crippen LogP contribution in [0.4, 0.5) is 5.69 Å². The van der Waals surface area contributed by atoms with Gasteiger partial charge in [0, 0.05) is 20.6 Å². The third-order valence-electron chi connectivity index (χ3n) is 5.74. The number of carbonyl (C=O) groups excluding carboxylic acids is 2. The van der Waals surface area contributed by atoms with Gasteiger partial charge < -0.3 is 14.5 Å². The van der Waals surface area contributed by atoms with Gasteiger partial charge in [-0.1, -0.05) is 22.0 Å². The molecule has 0 spiro atoms. The van der Waals surface area contributed by atoms with Crippen LogP contribution in [0.15, 0.2) is 107 Å². The maximum atomic E-state index is 13.5. The van der Waals surface area contributed by atoms with E-state index in [0.717, 1.165) is 21.1 Å². The van der Waals surface area contributed by atoms with Gasteiger partial charge in [0.2, 0.25) is 10.0 Å². The normalized spacial score (nSPS) is 15.6. The second kappa shape index (κ2) is 13.5. The number of benzene rings is 2. The van der Waals surface area contributed by atoms with Crippen molar-refractivity contribution in [1.82, 2.24) is 4.90 Å². The van der Waals surface area contributed by atoms with Gasteiger partial charge in [0.1, 0.15) is 11.5 Å². The number of rotatable bonds is 10. The number of hydrogen-bond donors (Lipinski definition) is 2. The van der Waals surface area contributed by atoms with E-state index >= 15 is 0 Å². The van der Waals surface area contributed by atoms with E-state index in [-0.39, 0.29) is 24.0 Å². The second-order valence-electron chi connectivity index (χ2n) is 8.81. The lowest BCUT2D eigenvalue weighted by Gasteiger charge is -2.13. The molecule has 15 heteroatoms. The van der Waals surface area contributed by atoms with Crippen molar-refractivity contribution >= 4 is 84.0 Å². The van der Waals surface area contributed by atoms with E-state index in [4.69, 9.17) is 14.3 Å². The number of amides is 2. The summed E-state index contributed by atoms with van der Waals surface area (Å²) >= 11 is 6.13. The van der Waals surface area contributed by atoms with Crippen LogP contribution in [-0.4, -0.2) is 43.1 Å². The number of carbonyl (C=O) groups is 2. The van der Waals surface area contributed by atoms with Crippen molar-refractivity contribution in [3.63, 3.8) is 0 Å². The minimum atomic E-state index is -3.84. The summed E-state index contributed by atoms with van der Waals surface area (Å²) in [5, 5.41) is 18.5. The Balaban J connectivity index is 1.33. The van der Waals surface area contributed by atoms with Gasteiger partial charge >= 0.3 is 0 Å². The average molecular weight is 701 g/mol. The largest absolute Gasteiger partial charge is 0.483 e. The molecule has 2 aromatic carbocycles. The van der Waals surface area contributed by atoms with Crippen molar-refractivity contribution in [1.29, 1.82) is 0 Å². The van der Waals surface area contributed by atoms with Crippen molar-refractivity contribution in [3.8, 4) is 5.75 Å². The molecule has 0 radical (unpaired) electrons. The summed E-state index contributed by atoms with van der Waals surface area (Å²) in [6.45, 7) is -0.172. The lowest BCUT2D eigenvalue weighted by molar-refractivity contribution is -0.122. The van der Waals surface area contributed by atoms with Crippen LogP contribution in [0.25, 0.3) is 6.08 Å². The molecule has 5 rings (SSSR count). The van der Waals surface area contributed by atoms with Crippen LogP contribution in [0, 0.1) is 0 Å². The Morgan fingerprint density at radius 2 is 1.95 bits per heavy atom. The molecule has 0 saturated carbocycles. The molecule has 2 amide bonds. The number of primary sulfonamides is 1. The average Bonchev–Trinajstić information content (AvgIpc) is 3.73. The van der Waals surface area contributed by atoms with Crippen LogP contribution in [-0.2, 0) is 26.2 Å². The lowest BCUT2D eigenvalue weighted by atomic mass is 10.2. The molecule has 3 heterocycles. The molecule has 0 atom stereocenters. The van der Waals surface area contributed by atoms with Gasteiger partial charge in [0.25, 0.3) is 11.8 Å². The third-order valence-corrected chi connectivity index (χ3v) is 8.96. The Kier molecular flexibility index (Phi) is 9.57. The van der Waals surface area contributed by atoms with Gasteiger partial charge in [0.05, 0.1) is 28.8 Å². The topological polar surface area (TPSA) is 157 Å². The SMILES string of the molecule is NS(=O)(=O)c1ccc(NC(=O)COc2ccc(Br)cc2/C=C2\S/C(=N\N=C\c3cccs3)N(Cc3ccco3)C2=O)cc1. The summed E-state index contributed by atoms with van der Waals surface area (Å²) < 4.78 is 34.9. The van der Waals surface area contributed by atoms with E-state index in [1.165, 1.54) is 46.8 Å². The number of nitrogens with two attached hydrogens (primary N) is 1. The number of anilines is 1. The molecule has 2 aromatic heterocycles. The van der Waals surface area contributed by atoms with E-state index in [0.29, 0.717) is 32.8 Å². The molecule has 1 fully saturated rings. The fraction of sp³-hybridized carbons (Fsp3) is 0.0714. The van der Waals surface area contributed by atoms with Crippen molar-refractivity contribution < 1.29 is 27.2 Å². The van der Waals surface area contributed by atoms with Gasteiger partial charge in [-0.2, -0.15) is 5.10 Å². The molecule has 1 saturated heterocycles. The molecule has 0 bridgehead atoms. The number of sulfonamides is 1. The monoisotopic (exact) mass is 699 g/mol. The zero-order valence-electron chi connectivity index (χ0n) is 22.0. The highest BCUT2D eigenvalue weighted by molar-refractivity contribution is 9.10. The van der Waals surface area contributed by atoms with Crippen LogP contribution >= 0.6 is 39.0 Å². The summed E-state index contributed by atoms with van der Waals surface area (Å²) in [6.07, 6.45) is 4.82. The Morgan fingerprint density at radius 3 is 2.65 bits per heavy atom. The number of ether oxygens (including phenoxy) is 1. The van der Waals surface area contributed by atoms with Crippen LogP contribution in [0.3, 0.4) is 0 Å². The van der Waals surface area contributed by atoms with Crippen molar-refractivity contribution in [2.75, 3.05) is 11.9 Å². The minimum absolute atomic E-state index is 0.0705. The third kappa shape index (κ3) is 8.09. The molecular formula is C28H22BrN5O6S3. The minimum Gasteiger partial charge on any atom is -0.483 e. The van der Waals surface area contributed by atoms with E-state index < -0.39 is 15.9 Å². The first kappa shape index (κ1) is 30.4. The molecule has 3 N–H and O–H groups in total. The summed E-state index contributed by atoms with van der Waals surface area (Å²) in [5.41, 5.74) is 0.925. The smallest absolute Gasteiger partial charge is 0.267 e. The first-order valence-corrected chi connectivity index (χ1v) is 16.4. The van der Waals surface area contributed by atoms with E-state index in [1.54, 1.807) is 42.6 Å². The van der Waals surface area contributed by atoms with Crippen molar-refractivity contribution in [3.05, 3.63) is 104 Å². The molecule has 220 valence electrons. The summed E-state index contributed by atoms with van der Waals surface area (Å²) in [7, 11) is -3.84. The molecule has 1 aliphatic rings. The van der Waals surface area contributed by atoms with Gasteiger partial charge in [-0.25, -0.2) is 13.6 Å². The summed E-state index contributed by atoms with van der Waals surface area (Å²) in [5.74, 6) is 0.182. The van der Waals surface area contributed by atoms with Crippen LogP contribution in [0.1, 0.15) is 16.2 Å². The van der Waals surface area contributed by atoms with Gasteiger partial charge in [-0.05, 0) is 83.9 Å².